The molecule has 0 radical (unpaired) electrons. The number of benzene rings is 3. The van der Waals surface area contributed by atoms with Gasteiger partial charge in [-0.05, 0) is 36.8 Å². The van der Waals surface area contributed by atoms with Crippen molar-refractivity contribution in [2.75, 3.05) is 24.3 Å². The molecule has 0 aliphatic heterocycles. The molecule has 4 aromatic rings. The number of hydrogen-bond donors (Lipinski definition) is 1. The van der Waals surface area contributed by atoms with Gasteiger partial charge in [-0.1, -0.05) is 60.7 Å². The lowest BCUT2D eigenvalue weighted by Crippen LogP contribution is -2.31. The van der Waals surface area contributed by atoms with Crippen molar-refractivity contribution in [2.24, 2.45) is 0 Å². The second kappa shape index (κ2) is 9.99. The number of carbonyl (C=O) groups excluding carboxylic acids is 1. The molecule has 0 saturated heterocycles. The molecule has 0 fully saturated rings. The highest BCUT2D eigenvalue weighted by Gasteiger charge is 2.23. The zero-order chi connectivity index (χ0) is 23.2. The molecule has 1 heterocycles. The summed E-state index contributed by atoms with van der Waals surface area (Å²) in [6.07, 6.45) is -0.738. The van der Waals surface area contributed by atoms with Crippen LogP contribution in [0.2, 0.25) is 0 Å². The average Bonchev–Trinajstić information content (AvgIpc) is 3.28. The van der Waals surface area contributed by atoms with E-state index in [1.165, 1.54) is 4.68 Å². The van der Waals surface area contributed by atoms with Crippen LogP contribution in [-0.2, 0) is 6.54 Å². The van der Waals surface area contributed by atoms with Crippen LogP contribution in [0.25, 0.3) is 11.4 Å². The Kier molecular flexibility index (Phi) is 6.69. The molecule has 0 bridgehead atoms. The Bertz CT molecular complexity index is 1190. The average molecular weight is 442 g/mol. The Hall–Kier alpha value is -4.13. The van der Waals surface area contributed by atoms with Crippen LogP contribution in [0.1, 0.15) is 17.3 Å². The maximum absolute atomic E-state index is 13.2. The van der Waals surface area contributed by atoms with E-state index in [-0.39, 0.29) is 5.91 Å². The second-order valence-corrected chi connectivity index (χ2v) is 7.86. The van der Waals surface area contributed by atoms with Crippen LogP contribution >= 0.6 is 0 Å². The van der Waals surface area contributed by atoms with Gasteiger partial charge in [0.15, 0.2) is 11.9 Å². The van der Waals surface area contributed by atoms with Crippen molar-refractivity contribution in [2.45, 2.75) is 19.6 Å². The van der Waals surface area contributed by atoms with E-state index >= 15 is 0 Å². The summed E-state index contributed by atoms with van der Waals surface area (Å²) in [5, 5.41) is 7.77. The maximum Gasteiger partial charge on any atom is 0.290 e. The number of rotatable bonds is 8. The molecular weight excluding hydrogens is 414 g/mol. The Morgan fingerprint density at radius 3 is 2.24 bits per heavy atom. The molecule has 0 spiro atoms. The molecule has 33 heavy (non-hydrogen) atoms. The lowest BCUT2D eigenvalue weighted by atomic mass is 10.2. The van der Waals surface area contributed by atoms with E-state index in [4.69, 9.17) is 4.74 Å². The molecule has 0 aliphatic carbocycles. The Morgan fingerprint density at radius 2 is 1.61 bits per heavy atom. The molecule has 168 valence electrons. The standard InChI is InChI=1S/C26H27N5O2/c1-19(33-23-12-8-5-9-13-23)25(32)31-26(28-24(29-31)21-10-6-4-7-11-21)27-18-20-14-16-22(17-15-20)30(2)3/h4-17,19H,18H2,1-3H3,(H,27,28,29). The fourth-order valence-corrected chi connectivity index (χ4v) is 3.31. The highest BCUT2D eigenvalue weighted by molar-refractivity contribution is 5.85. The van der Waals surface area contributed by atoms with Crippen LogP contribution in [0.15, 0.2) is 84.9 Å². The fourth-order valence-electron chi connectivity index (χ4n) is 3.31. The van der Waals surface area contributed by atoms with Gasteiger partial charge in [0.2, 0.25) is 5.95 Å². The van der Waals surface area contributed by atoms with Gasteiger partial charge in [0.1, 0.15) is 5.75 Å². The summed E-state index contributed by atoms with van der Waals surface area (Å²) in [5.41, 5.74) is 3.02. The fraction of sp³-hybridized carbons (Fsp3) is 0.192. The number of nitrogens with zero attached hydrogens (tertiary/aromatic N) is 4. The van der Waals surface area contributed by atoms with Gasteiger partial charge in [-0.25, -0.2) is 0 Å². The summed E-state index contributed by atoms with van der Waals surface area (Å²) in [6, 6.07) is 27.0. The van der Waals surface area contributed by atoms with Gasteiger partial charge in [0, 0.05) is 31.9 Å². The number of carbonyl (C=O) groups is 1. The lowest BCUT2D eigenvalue weighted by Gasteiger charge is -2.15. The van der Waals surface area contributed by atoms with Gasteiger partial charge >= 0.3 is 0 Å². The summed E-state index contributed by atoms with van der Waals surface area (Å²) < 4.78 is 7.12. The predicted molar refractivity (Wildman–Crippen MR) is 131 cm³/mol. The number of hydrogen-bond acceptors (Lipinski definition) is 6. The number of nitrogens with one attached hydrogen (secondary N) is 1. The van der Waals surface area contributed by atoms with Gasteiger partial charge in [-0.3, -0.25) is 4.79 Å². The first-order valence-electron chi connectivity index (χ1n) is 10.8. The quantitative estimate of drug-likeness (QED) is 0.426. The topological polar surface area (TPSA) is 72.3 Å². The summed E-state index contributed by atoms with van der Waals surface area (Å²) in [4.78, 5) is 19.9. The van der Waals surface area contributed by atoms with E-state index in [1.54, 1.807) is 6.92 Å². The minimum Gasteiger partial charge on any atom is -0.481 e. The van der Waals surface area contributed by atoms with Crippen LogP contribution < -0.4 is 15.0 Å². The largest absolute Gasteiger partial charge is 0.481 e. The van der Waals surface area contributed by atoms with E-state index in [9.17, 15) is 4.79 Å². The Balaban J connectivity index is 1.57. The Morgan fingerprint density at radius 1 is 0.970 bits per heavy atom. The Labute approximate surface area is 193 Å². The molecule has 1 atom stereocenters. The van der Waals surface area contributed by atoms with Crippen molar-refractivity contribution in [3.8, 4) is 17.1 Å². The van der Waals surface area contributed by atoms with Crippen molar-refractivity contribution < 1.29 is 9.53 Å². The van der Waals surface area contributed by atoms with E-state index in [2.05, 4.69) is 27.5 Å². The van der Waals surface area contributed by atoms with E-state index in [0.717, 1.165) is 16.8 Å². The predicted octanol–water partition coefficient (Wildman–Crippen LogP) is 4.73. The third-order valence-electron chi connectivity index (χ3n) is 5.16. The molecule has 1 N–H and O–H groups in total. The third-order valence-corrected chi connectivity index (χ3v) is 5.16. The van der Waals surface area contributed by atoms with Gasteiger partial charge in [0.25, 0.3) is 5.91 Å². The molecule has 1 unspecified atom stereocenters. The first-order valence-corrected chi connectivity index (χ1v) is 10.8. The minimum absolute atomic E-state index is 0.306. The smallest absolute Gasteiger partial charge is 0.290 e. The van der Waals surface area contributed by atoms with E-state index < -0.39 is 6.10 Å². The summed E-state index contributed by atoms with van der Waals surface area (Å²) in [5.74, 6) is 1.16. The van der Waals surface area contributed by atoms with Crippen molar-refractivity contribution >= 4 is 17.5 Å². The summed E-state index contributed by atoms with van der Waals surface area (Å²) in [7, 11) is 4.01. The number of para-hydroxylation sites is 1. The number of anilines is 2. The van der Waals surface area contributed by atoms with E-state index in [1.807, 2.05) is 91.8 Å². The zero-order valence-electron chi connectivity index (χ0n) is 19.0. The molecule has 0 amide bonds. The highest BCUT2D eigenvalue weighted by atomic mass is 16.5. The van der Waals surface area contributed by atoms with Gasteiger partial charge in [-0.15, -0.1) is 5.10 Å². The minimum atomic E-state index is -0.738. The first-order chi connectivity index (χ1) is 16.0. The second-order valence-electron chi connectivity index (χ2n) is 7.86. The molecule has 7 heteroatoms. The molecule has 3 aromatic carbocycles. The summed E-state index contributed by atoms with van der Waals surface area (Å²) in [6.45, 7) is 2.21. The van der Waals surface area contributed by atoms with Crippen molar-refractivity contribution in [3.63, 3.8) is 0 Å². The third kappa shape index (κ3) is 5.38. The van der Waals surface area contributed by atoms with E-state index in [0.29, 0.717) is 24.1 Å². The molecule has 0 saturated carbocycles. The van der Waals surface area contributed by atoms with Gasteiger partial charge in [-0.2, -0.15) is 9.67 Å². The molecule has 7 nitrogen and oxygen atoms in total. The molecule has 1 aromatic heterocycles. The van der Waals surface area contributed by atoms with Crippen LogP contribution in [0.3, 0.4) is 0 Å². The van der Waals surface area contributed by atoms with Crippen molar-refractivity contribution in [1.29, 1.82) is 0 Å². The molecular formula is C26H27N5O2. The van der Waals surface area contributed by atoms with Gasteiger partial charge in [0.05, 0.1) is 0 Å². The zero-order valence-corrected chi connectivity index (χ0v) is 19.0. The van der Waals surface area contributed by atoms with Crippen molar-refractivity contribution in [3.05, 3.63) is 90.5 Å². The number of aromatic nitrogens is 3. The highest BCUT2D eigenvalue weighted by Crippen LogP contribution is 2.20. The maximum atomic E-state index is 13.2. The van der Waals surface area contributed by atoms with Gasteiger partial charge < -0.3 is 15.0 Å². The molecule has 0 aliphatic rings. The van der Waals surface area contributed by atoms with Crippen LogP contribution in [0.5, 0.6) is 5.75 Å². The summed E-state index contributed by atoms with van der Waals surface area (Å²) >= 11 is 0. The molecule has 4 rings (SSSR count). The van der Waals surface area contributed by atoms with Crippen molar-refractivity contribution in [1.82, 2.24) is 14.8 Å². The van der Waals surface area contributed by atoms with Crippen LogP contribution in [-0.4, -0.2) is 40.9 Å². The normalized spacial score (nSPS) is 11.6. The SMILES string of the molecule is CC(Oc1ccccc1)C(=O)n1nc(-c2ccccc2)nc1NCc1ccc(N(C)C)cc1. The lowest BCUT2D eigenvalue weighted by molar-refractivity contribution is 0.0713. The first kappa shape index (κ1) is 22.1. The number of ether oxygens (including phenoxy) is 1. The van der Waals surface area contributed by atoms with Crippen LogP contribution in [0.4, 0.5) is 11.6 Å². The monoisotopic (exact) mass is 441 g/mol. The van der Waals surface area contributed by atoms with Crippen LogP contribution in [0, 0.1) is 0 Å².